The molecule has 0 heterocycles. The second-order valence-electron chi connectivity index (χ2n) is 5.31. The minimum atomic E-state index is -3.70. The topological polar surface area (TPSA) is 37.4 Å². The number of hydrogen-bond donors (Lipinski definition) is 0. The molecule has 0 amide bonds. The fourth-order valence-corrected chi connectivity index (χ4v) is 4.12. The summed E-state index contributed by atoms with van der Waals surface area (Å²) in [6, 6.07) is 19.5. The monoisotopic (exact) mass is 357 g/mol. The average Bonchev–Trinajstić information content (AvgIpc) is 2.60. The smallest absolute Gasteiger partial charge is 0.263 e. The van der Waals surface area contributed by atoms with Crippen molar-refractivity contribution in [3.05, 3.63) is 84.4 Å². The third kappa shape index (κ3) is 3.16. The van der Waals surface area contributed by atoms with E-state index in [1.54, 1.807) is 42.5 Å². The molecule has 0 spiro atoms. The molecule has 3 nitrogen and oxygen atoms in total. The first kappa shape index (κ1) is 16.6. The maximum Gasteiger partial charge on any atom is 0.264 e. The van der Waals surface area contributed by atoms with Crippen LogP contribution in [0.3, 0.4) is 0 Å². The van der Waals surface area contributed by atoms with Gasteiger partial charge in [-0.25, -0.2) is 8.42 Å². The molecule has 122 valence electrons. The molecular formula is C19H16ClNO2S. The van der Waals surface area contributed by atoms with Crippen molar-refractivity contribution < 1.29 is 8.42 Å². The van der Waals surface area contributed by atoms with Crippen LogP contribution < -0.4 is 4.31 Å². The van der Waals surface area contributed by atoms with Crippen LogP contribution in [0.5, 0.6) is 0 Å². The maximum atomic E-state index is 13.1. The number of fused-ring (bicyclic) bond motifs is 1. The lowest BCUT2D eigenvalue weighted by molar-refractivity contribution is 0.593. The second kappa shape index (κ2) is 6.67. The zero-order valence-corrected chi connectivity index (χ0v) is 14.5. The van der Waals surface area contributed by atoms with Crippen molar-refractivity contribution in [2.45, 2.75) is 4.90 Å². The van der Waals surface area contributed by atoms with E-state index in [-0.39, 0.29) is 11.4 Å². The summed E-state index contributed by atoms with van der Waals surface area (Å²) in [4.78, 5) is 0.248. The maximum absolute atomic E-state index is 13.1. The van der Waals surface area contributed by atoms with Crippen LogP contribution in [-0.2, 0) is 10.0 Å². The summed E-state index contributed by atoms with van der Waals surface area (Å²) in [5.41, 5.74) is 0.549. The van der Waals surface area contributed by atoms with E-state index in [9.17, 15) is 8.42 Å². The lowest BCUT2D eigenvalue weighted by Crippen LogP contribution is -2.31. The van der Waals surface area contributed by atoms with Crippen molar-refractivity contribution in [2.75, 3.05) is 10.8 Å². The molecule has 0 N–H and O–H groups in total. The van der Waals surface area contributed by atoms with Gasteiger partial charge < -0.3 is 0 Å². The van der Waals surface area contributed by atoms with Crippen molar-refractivity contribution in [3.63, 3.8) is 0 Å². The van der Waals surface area contributed by atoms with Gasteiger partial charge in [0.15, 0.2) is 0 Å². The summed E-state index contributed by atoms with van der Waals surface area (Å²) in [6.45, 7) is 3.85. The van der Waals surface area contributed by atoms with Crippen LogP contribution in [-0.4, -0.2) is 15.0 Å². The molecule has 5 heteroatoms. The highest BCUT2D eigenvalue weighted by atomic mass is 35.5. The first-order valence-corrected chi connectivity index (χ1v) is 9.22. The Morgan fingerprint density at radius 1 is 0.958 bits per heavy atom. The molecule has 3 aromatic carbocycles. The van der Waals surface area contributed by atoms with Gasteiger partial charge in [0.2, 0.25) is 0 Å². The highest BCUT2D eigenvalue weighted by Crippen LogP contribution is 2.27. The lowest BCUT2D eigenvalue weighted by atomic mass is 10.1. The fourth-order valence-electron chi connectivity index (χ4n) is 2.52. The molecule has 0 saturated heterocycles. The standard InChI is InChI=1S/C19H16ClNO2S/c1-2-13-21(18-10-8-17(20)9-11-18)24(22,23)19-12-7-15-5-3-4-6-16(15)14-19/h2-12,14H,1,13H2. The molecule has 24 heavy (non-hydrogen) atoms. The summed E-state index contributed by atoms with van der Waals surface area (Å²) in [7, 11) is -3.70. The van der Waals surface area contributed by atoms with E-state index in [0.717, 1.165) is 10.8 Å². The molecule has 0 aliphatic heterocycles. The van der Waals surface area contributed by atoms with E-state index < -0.39 is 10.0 Å². The molecular weight excluding hydrogens is 342 g/mol. The predicted octanol–water partition coefficient (Wildman–Crippen LogP) is 4.87. The van der Waals surface area contributed by atoms with Gasteiger partial charge >= 0.3 is 0 Å². The number of halogens is 1. The summed E-state index contributed by atoms with van der Waals surface area (Å²) in [5, 5.41) is 2.44. The normalized spacial score (nSPS) is 11.4. The van der Waals surface area contributed by atoms with Crippen molar-refractivity contribution in [2.24, 2.45) is 0 Å². The largest absolute Gasteiger partial charge is 0.264 e. The summed E-state index contributed by atoms with van der Waals surface area (Å²) < 4.78 is 27.5. The van der Waals surface area contributed by atoms with Gasteiger partial charge in [-0.1, -0.05) is 48.0 Å². The third-order valence-electron chi connectivity index (χ3n) is 3.72. The van der Waals surface area contributed by atoms with Crippen LogP contribution in [0.2, 0.25) is 5.02 Å². The Balaban J connectivity index is 2.10. The van der Waals surface area contributed by atoms with Gasteiger partial charge in [-0.3, -0.25) is 4.31 Å². The molecule has 0 saturated carbocycles. The van der Waals surface area contributed by atoms with Crippen LogP contribution in [0.25, 0.3) is 10.8 Å². The Bertz CT molecular complexity index is 982. The highest BCUT2D eigenvalue weighted by Gasteiger charge is 2.24. The van der Waals surface area contributed by atoms with Gasteiger partial charge in [0.05, 0.1) is 17.1 Å². The number of hydrogen-bond acceptors (Lipinski definition) is 2. The van der Waals surface area contributed by atoms with E-state index in [4.69, 9.17) is 11.6 Å². The van der Waals surface area contributed by atoms with Gasteiger partial charge in [-0.2, -0.15) is 0 Å². The quantitative estimate of drug-likeness (QED) is 0.610. The molecule has 0 fully saturated rings. The number of rotatable bonds is 5. The Labute approximate surface area is 146 Å². The minimum Gasteiger partial charge on any atom is -0.263 e. The summed E-state index contributed by atoms with van der Waals surface area (Å²) in [5.74, 6) is 0. The van der Waals surface area contributed by atoms with Crippen molar-refractivity contribution in [3.8, 4) is 0 Å². The van der Waals surface area contributed by atoms with Crippen molar-refractivity contribution in [1.82, 2.24) is 0 Å². The Kier molecular flexibility index (Phi) is 4.60. The zero-order chi connectivity index (χ0) is 17.2. The van der Waals surface area contributed by atoms with Crippen LogP contribution in [0, 0.1) is 0 Å². The number of anilines is 1. The number of nitrogens with zero attached hydrogens (tertiary/aromatic N) is 1. The fraction of sp³-hybridized carbons (Fsp3) is 0.0526. The SMILES string of the molecule is C=CCN(c1ccc(Cl)cc1)S(=O)(=O)c1ccc2ccccc2c1. The van der Waals surface area contributed by atoms with E-state index in [1.165, 1.54) is 4.31 Å². The molecule has 0 radical (unpaired) electrons. The molecule has 0 atom stereocenters. The lowest BCUT2D eigenvalue weighted by Gasteiger charge is -2.23. The van der Waals surface area contributed by atoms with Crippen LogP contribution >= 0.6 is 11.6 Å². The molecule has 0 aromatic heterocycles. The van der Waals surface area contributed by atoms with Crippen LogP contribution in [0.15, 0.2) is 84.3 Å². The first-order chi connectivity index (χ1) is 11.5. The number of benzene rings is 3. The Hall–Kier alpha value is -2.30. The molecule has 0 bridgehead atoms. The zero-order valence-electron chi connectivity index (χ0n) is 12.9. The van der Waals surface area contributed by atoms with Gasteiger partial charge in [-0.15, -0.1) is 6.58 Å². The predicted molar refractivity (Wildman–Crippen MR) is 100 cm³/mol. The minimum absolute atomic E-state index is 0.177. The Morgan fingerprint density at radius 3 is 2.29 bits per heavy atom. The highest BCUT2D eigenvalue weighted by molar-refractivity contribution is 7.92. The van der Waals surface area contributed by atoms with Crippen LogP contribution in [0.1, 0.15) is 0 Å². The summed E-state index contributed by atoms with van der Waals surface area (Å²) >= 11 is 5.90. The second-order valence-corrected chi connectivity index (χ2v) is 7.61. The first-order valence-electron chi connectivity index (χ1n) is 7.40. The number of sulfonamides is 1. The van der Waals surface area contributed by atoms with Gasteiger partial charge in [-0.05, 0) is 47.2 Å². The van der Waals surface area contributed by atoms with E-state index >= 15 is 0 Å². The van der Waals surface area contributed by atoms with Gasteiger partial charge in [0.1, 0.15) is 0 Å². The van der Waals surface area contributed by atoms with E-state index in [0.29, 0.717) is 10.7 Å². The Morgan fingerprint density at radius 2 is 1.62 bits per heavy atom. The molecule has 3 rings (SSSR count). The summed E-state index contributed by atoms with van der Waals surface area (Å²) in [6.07, 6.45) is 1.56. The van der Waals surface area contributed by atoms with E-state index in [2.05, 4.69) is 6.58 Å². The molecule has 0 unspecified atom stereocenters. The van der Waals surface area contributed by atoms with Gasteiger partial charge in [0, 0.05) is 5.02 Å². The van der Waals surface area contributed by atoms with Crippen LogP contribution in [0.4, 0.5) is 5.69 Å². The molecule has 0 aliphatic rings. The van der Waals surface area contributed by atoms with Crippen molar-refractivity contribution >= 4 is 38.1 Å². The molecule has 3 aromatic rings. The van der Waals surface area contributed by atoms with E-state index in [1.807, 2.05) is 30.3 Å². The van der Waals surface area contributed by atoms with Gasteiger partial charge in [0.25, 0.3) is 10.0 Å². The third-order valence-corrected chi connectivity index (χ3v) is 5.76. The average molecular weight is 358 g/mol. The van der Waals surface area contributed by atoms with Crippen molar-refractivity contribution in [1.29, 1.82) is 0 Å². The molecule has 0 aliphatic carbocycles.